The number of fused-ring (bicyclic) bond motifs is 1. The van der Waals surface area contributed by atoms with Crippen LogP contribution in [0.25, 0.3) is 0 Å². The van der Waals surface area contributed by atoms with E-state index < -0.39 is 0 Å². The van der Waals surface area contributed by atoms with Gasteiger partial charge < -0.3 is 14.5 Å². The van der Waals surface area contributed by atoms with E-state index in [0.29, 0.717) is 25.9 Å². The zero-order valence-electron chi connectivity index (χ0n) is 15.1. The largest absolute Gasteiger partial charge is 0.493 e. The molecule has 0 spiro atoms. The van der Waals surface area contributed by atoms with Crippen LogP contribution in [0.2, 0.25) is 0 Å². The Morgan fingerprint density at radius 3 is 2.60 bits per heavy atom. The summed E-state index contributed by atoms with van der Waals surface area (Å²) in [7, 11) is 0. The van der Waals surface area contributed by atoms with Crippen molar-refractivity contribution in [1.82, 2.24) is 9.80 Å². The molecule has 0 saturated carbocycles. The molecule has 1 fully saturated rings. The lowest BCUT2D eigenvalue weighted by atomic mass is 10.1. The van der Waals surface area contributed by atoms with E-state index in [0.717, 1.165) is 56.7 Å². The number of carbonyl (C=O) groups excluding carboxylic acids is 2. The predicted octanol–water partition coefficient (Wildman–Crippen LogP) is 2.42. The van der Waals surface area contributed by atoms with Crippen LogP contribution >= 0.6 is 0 Å². The Kier molecular flexibility index (Phi) is 5.95. The second kappa shape index (κ2) is 8.37. The van der Waals surface area contributed by atoms with Crippen LogP contribution in [0.15, 0.2) is 18.2 Å². The van der Waals surface area contributed by atoms with Gasteiger partial charge in [-0.15, -0.1) is 0 Å². The molecule has 3 rings (SSSR count). The molecule has 0 aromatic heterocycles. The molecule has 0 bridgehead atoms. The Morgan fingerprint density at radius 1 is 1.08 bits per heavy atom. The minimum atomic E-state index is 0.154. The highest BCUT2D eigenvalue weighted by molar-refractivity contribution is 5.79. The number of carbonyl (C=O) groups is 2. The highest BCUT2D eigenvalue weighted by Crippen LogP contribution is 2.26. The van der Waals surface area contributed by atoms with E-state index in [2.05, 4.69) is 13.0 Å². The quantitative estimate of drug-likeness (QED) is 0.824. The van der Waals surface area contributed by atoms with Crippen LogP contribution in [0, 0.1) is 0 Å². The van der Waals surface area contributed by atoms with Gasteiger partial charge in [-0.2, -0.15) is 0 Å². The molecule has 0 radical (unpaired) electrons. The van der Waals surface area contributed by atoms with Gasteiger partial charge in [-0.25, -0.2) is 0 Å². The summed E-state index contributed by atoms with van der Waals surface area (Å²) >= 11 is 0. The number of rotatable bonds is 5. The van der Waals surface area contributed by atoms with Crippen LogP contribution in [0.5, 0.6) is 5.75 Å². The zero-order chi connectivity index (χ0) is 17.6. The first-order chi connectivity index (χ1) is 12.2. The fraction of sp³-hybridized carbons (Fsp3) is 0.600. The number of ether oxygens (including phenoxy) is 1. The van der Waals surface area contributed by atoms with Crippen molar-refractivity contribution < 1.29 is 14.3 Å². The van der Waals surface area contributed by atoms with E-state index in [1.807, 2.05) is 21.9 Å². The molecular weight excluding hydrogens is 316 g/mol. The Morgan fingerprint density at radius 2 is 1.84 bits per heavy atom. The van der Waals surface area contributed by atoms with Gasteiger partial charge >= 0.3 is 0 Å². The van der Waals surface area contributed by atoms with E-state index in [4.69, 9.17) is 4.74 Å². The van der Waals surface area contributed by atoms with Gasteiger partial charge in [0.2, 0.25) is 11.8 Å². The fourth-order valence-corrected chi connectivity index (χ4v) is 3.54. The summed E-state index contributed by atoms with van der Waals surface area (Å²) in [5.74, 6) is 1.34. The number of benzene rings is 1. The molecule has 5 heteroatoms. The molecule has 136 valence electrons. The molecular formula is C20H28N2O3. The minimum Gasteiger partial charge on any atom is -0.493 e. The van der Waals surface area contributed by atoms with E-state index in [-0.39, 0.29) is 11.8 Å². The summed E-state index contributed by atoms with van der Waals surface area (Å²) < 4.78 is 5.52. The third-order valence-corrected chi connectivity index (χ3v) is 5.05. The summed E-state index contributed by atoms with van der Waals surface area (Å²) in [6.07, 6.45) is 4.83. The van der Waals surface area contributed by atoms with Crippen molar-refractivity contribution in [3.8, 4) is 5.75 Å². The molecule has 0 atom stereocenters. The van der Waals surface area contributed by atoms with Crippen LogP contribution in [-0.4, -0.2) is 54.4 Å². The second-order valence-electron chi connectivity index (χ2n) is 6.94. The van der Waals surface area contributed by atoms with Gasteiger partial charge in [0, 0.05) is 39.0 Å². The summed E-state index contributed by atoms with van der Waals surface area (Å²) in [4.78, 5) is 28.7. The Hall–Kier alpha value is -2.04. The van der Waals surface area contributed by atoms with Crippen molar-refractivity contribution in [1.29, 1.82) is 0 Å². The number of amides is 2. The van der Waals surface area contributed by atoms with Crippen molar-refractivity contribution in [2.75, 3.05) is 32.8 Å². The topological polar surface area (TPSA) is 49.9 Å². The molecule has 25 heavy (non-hydrogen) atoms. The molecule has 2 aliphatic heterocycles. The van der Waals surface area contributed by atoms with E-state index in [1.165, 1.54) is 5.56 Å². The Balaban J connectivity index is 1.53. The predicted molar refractivity (Wildman–Crippen MR) is 96.6 cm³/mol. The second-order valence-corrected chi connectivity index (χ2v) is 6.94. The molecule has 1 saturated heterocycles. The van der Waals surface area contributed by atoms with Crippen LogP contribution in [0.1, 0.15) is 43.7 Å². The van der Waals surface area contributed by atoms with Gasteiger partial charge in [0.05, 0.1) is 13.0 Å². The highest BCUT2D eigenvalue weighted by atomic mass is 16.5. The molecule has 1 aromatic rings. The monoisotopic (exact) mass is 344 g/mol. The van der Waals surface area contributed by atoms with E-state index in [9.17, 15) is 9.59 Å². The maximum atomic E-state index is 12.7. The van der Waals surface area contributed by atoms with Gasteiger partial charge in [-0.3, -0.25) is 9.59 Å². The highest BCUT2D eigenvalue weighted by Gasteiger charge is 2.22. The maximum absolute atomic E-state index is 12.7. The van der Waals surface area contributed by atoms with E-state index in [1.54, 1.807) is 0 Å². The summed E-state index contributed by atoms with van der Waals surface area (Å²) in [6, 6.07) is 6.06. The Labute approximate surface area is 149 Å². The molecule has 0 aliphatic carbocycles. The van der Waals surface area contributed by atoms with Crippen molar-refractivity contribution in [3.05, 3.63) is 29.3 Å². The normalized spacial score (nSPS) is 17.0. The third kappa shape index (κ3) is 4.53. The summed E-state index contributed by atoms with van der Waals surface area (Å²) in [6.45, 7) is 5.64. The van der Waals surface area contributed by atoms with Crippen LogP contribution in [0.4, 0.5) is 0 Å². The average molecular weight is 344 g/mol. The lowest BCUT2D eigenvalue weighted by Crippen LogP contribution is -2.37. The molecule has 2 heterocycles. The SMILES string of the molecule is CCCCC(=O)N1CCCN(C(=O)Cc2ccc3c(c2)CCO3)CC1. The van der Waals surface area contributed by atoms with Gasteiger partial charge in [0.15, 0.2) is 0 Å². The van der Waals surface area contributed by atoms with Gasteiger partial charge in [-0.05, 0) is 30.0 Å². The standard InChI is InChI=1S/C20H28N2O3/c1-2-3-5-19(23)21-9-4-10-22(12-11-21)20(24)15-16-6-7-18-17(14-16)8-13-25-18/h6-7,14H,2-5,8-13,15H2,1H3. The van der Waals surface area contributed by atoms with Crippen molar-refractivity contribution in [3.63, 3.8) is 0 Å². The first kappa shape index (κ1) is 17.8. The smallest absolute Gasteiger partial charge is 0.227 e. The lowest BCUT2D eigenvalue weighted by molar-refractivity contribution is -0.133. The lowest BCUT2D eigenvalue weighted by Gasteiger charge is -2.22. The van der Waals surface area contributed by atoms with Crippen molar-refractivity contribution >= 4 is 11.8 Å². The zero-order valence-corrected chi connectivity index (χ0v) is 15.1. The van der Waals surface area contributed by atoms with Gasteiger partial charge in [0.1, 0.15) is 5.75 Å². The van der Waals surface area contributed by atoms with Gasteiger partial charge in [0.25, 0.3) is 0 Å². The van der Waals surface area contributed by atoms with Crippen molar-refractivity contribution in [2.45, 2.75) is 45.4 Å². The molecule has 2 amide bonds. The molecule has 0 N–H and O–H groups in total. The van der Waals surface area contributed by atoms with Crippen LogP contribution < -0.4 is 4.74 Å². The average Bonchev–Trinajstić information content (AvgIpc) is 2.93. The number of unbranched alkanes of at least 4 members (excludes halogenated alkanes) is 1. The number of hydrogen-bond acceptors (Lipinski definition) is 3. The Bertz CT molecular complexity index is 629. The third-order valence-electron chi connectivity index (χ3n) is 5.05. The van der Waals surface area contributed by atoms with Crippen LogP contribution in [-0.2, 0) is 22.4 Å². The summed E-state index contributed by atoms with van der Waals surface area (Å²) in [5, 5.41) is 0. The van der Waals surface area contributed by atoms with E-state index >= 15 is 0 Å². The van der Waals surface area contributed by atoms with Crippen molar-refractivity contribution in [2.24, 2.45) is 0 Å². The molecule has 2 aliphatic rings. The summed E-state index contributed by atoms with van der Waals surface area (Å²) in [5.41, 5.74) is 2.25. The number of nitrogens with zero attached hydrogens (tertiary/aromatic N) is 2. The molecule has 1 aromatic carbocycles. The minimum absolute atomic E-state index is 0.154. The van der Waals surface area contributed by atoms with Gasteiger partial charge in [-0.1, -0.05) is 25.5 Å². The first-order valence-electron chi connectivity index (χ1n) is 9.47. The maximum Gasteiger partial charge on any atom is 0.227 e. The number of hydrogen-bond donors (Lipinski definition) is 0. The molecule has 5 nitrogen and oxygen atoms in total. The van der Waals surface area contributed by atoms with Crippen LogP contribution in [0.3, 0.4) is 0 Å². The molecule has 0 unspecified atom stereocenters. The fourth-order valence-electron chi connectivity index (χ4n) is 3.54. The first-order valence-corrected chi connectivity index (χ1v) is 9.47.